The summed E-state index contributed by atoms with van der Waals surface area (Å²) in [6, 6.07) is 32.4. The molecular formula is C57H65N5O6. The zero-order chi connectivity index (χ0) is 47.0. The summed E-state index contributed by atoms with van der Waals surface area (Å²) in [7, 11) is 0. The lowest BCUT2D eigenvalue weighted by atomic mass is 9.43. The molecule has 19 rings (SSSR count). The van der Waals surface area contributed by atoms with Gasteiger partial charge in [0.05, 0.1) is 29.6 Å². The van der Waals surface area contributed by atoms with E-state index in [1.165, 1.54) is 5.56 Å². The number of carbonyl (C=O) groups is 4. The molecule has 4 aliphatic carbocycles. The van der Waals surface area contributed by atoms with E-state index in [1.807, 2.05) is 78.9 Å². The normalized spacial score (nSPS) is 34.0. The molecule has 4 saturated carbocycles. The van der Waals surface area contributed by atoms with Crippen molar-refractivity contribution >= 4 is 36.2 Å². The van der Waals surface area contributed by atoms with Gasteiger partial charge in [-0.25, -0.2) is 20.4 Å². The van der Waals surface area contributed by atoms with Gasteiger partial charge in [0.1, 0.15) is 12.2 Å². The number of hydrogen-bond acceptors (Lipinski definition) is 9. The fraction of sp³-hybridized carbons (Fsp3) is 0.474. The highest BCUT2D eigenvalue weighted by atomic mass is 16.5. The summed E-state index contributed by atoms with van der Waals surface area (Å²) >= 11 is 0. The molecule has 11 nitrogen and oxygen atoms in total. The standard InChI is InChI=1S/C57H65N5O6/c1-36-16-25-52(63)60-58-32-37-17-19-38(20-18-37)34-62-35-43-14-8-7-13-41(43)29-50(62)53(64)61-59-33-39-10-9-15-42(28-39)55(66)67-45-26-27-56(2)44(30-45)21-22-46-48-24-23-47(36)57(48,3)51(31-49(46)56)68-54(65)40-11-5-4-6-12-40/h4-15,17-20,28,32-33,36,44-51H,16,21-27,29-31,34-35H2,1-3H3,(H,60,63)(H,61,64)/b58-32+,59-33+/t36-,44-,45-,46+,47-,48+,49+,50+,51+,56+,57-/m1/s1. The fourth-order valence-corrected chi connectivity index (χ4v) is 14.1. The van der Waals surface area contributed by atoms with Crippen LogP contribution in [-0.4, -0.2) is 59.3 Å². The maximum Gasteiger partial charge on any atom is 0.338 e. The number of fused-ring (bicyclic) bond motifs is 1. The molecule has 0 aromatic heterocycles. The molecule has 4 fully saturated rings. The van der Waals surface area contributed by atoms with Gasteiger partial charge >= 0.3 is 11.9 Å². The van der Waals surface area contributed by atoms with Crippen LogP contribution in [0.25, 0.3) is 0 Å². The van der Waals surface area contributed by atoms with Gasteiger partial charge in [-0.05, 0) is 157 Å². The van der Waals surface area contributed by atoms with Crippen molar-refractivity contribution < 1.29 is 28.7 Å². The summed E-state index contributed by atoms with van der Waals surface area (Å²) in [4.78, 5) is 57.2. The van der Waals surface area contributed by atoms with Gasteiger partial charge in [0.25, 0.3) is 5.91 Å². The number of rotatable bonds is 2. The van der Waals surface area contributed by atoms with E-state index in [0.29, 0.717) is 78.6 Å². The third-order valence-electron chi connectivity index (χ3n) is 17.7. The van der Waals surface area contributed by atoms with Crippen LogP contribution >= 0.6 is 0 Å². The number of hydrogen-bond donors (Lipinski definition) is 2. The van der Waals surface area contributed by atoms with Gasteiger partial charge in [0.15, 0.2) is 0 Å². The van der Waals surface area contributed by atoms with Gasteiger partial charge in [0.2, 0.25) is 5.91 Å². The summed E-state index contributed by atoms with van der Waals surface area (Å²) in [6.45, 7) is 8.31. The summed E-state index contributed by atoms with van der Waals surface area (Å²) in [5.74, 6) is 1.26. The first kappa shape index (κ1) is 45.8. The van der Waals surface area contributed by atoms with E-state index in [2.05, 4.69) is 58.9 Å². The van der Waals surface area contributed by atoms with Gasteiger partial charge in [-0.3, -0.25) is 14.5 Å². The number of amides is 2. The Hall–Kier alpha value is -5.94. The summed E-state index contributed by atoms with van der Waals surface area (Å²) in [5, 5.41) is 8.72. The zero-order valence-electron chi connectivity index (χ0n) is 39.6. The Balaban J connectivity index is 0.922. The molecule has 2 N–H and O–H groups in total. The molecule has 4 aromatic rings. The van der Waals surface area contributed by atoms with Crippen molar-refractivity contribution in [3.63, 3.8) is 0 Å². The van der Waals surface area contributed by atoms with Crippen LogP contribution in [0.1, 0.15) is 134 Å². The van der Waals surface area contributed by atoms with Gasteiger partial charge in [-0.15, -0.1) is 0 Å². The van der Waals surface area contributed by atoms with Crippen LogP contribution in [0.2, 0.25) is 0 Å². The molecule has 12 bridgehead atoms. The van der Waals surface area contributed by atoms with Crippen molar-refractivity contribution in [1.82, 2.24) is 15.8 Å². The van der Waals surface area contributed by atoms with Crippen LogP contribution in [0.5, 0.6) is 0 Å². The Morgan fingerprint density at radius 3 is 2.31 bits per heavy atom. The second-order valence-electron chi connectivity index (χ2n) is 21.3. The quantitative estimate of drug-likeness (QED) is 0.191. The second-order valence-corrected chi connectivity index (χ2v) is 21.3. The summed E-state index contributed by atoms with van der Waals surface area (Å²) in [6.07, 6.45) is 12.1. The van der Waals surface area contributed by atoms with Crippen LogP contribution < -0.4 is 10.9 Å². The maximum absolute atomic E-state index is 14.0. The third-order valence-corrected chi connectivity index (χ3v) is 17.7. The molecule has 11 heterocycles. The van der Waals surface area contributed by atoms with Crippen molar-refractivity contribution in [1.29, 1.82) is 0 Å². The zero-order valence-corrected chi connectivity index (χ0v) is 39.6. The van der Waals surface area contributed by atoms with Crippen molar-refractivity contribution in [2.75, 3.05) is 0 Å². The molecule has 11 aliphatic heterocycles. The topological polar surface area (TPSA) is 139 Å². The Morgan fingerprint density at radius 2 is 1.49 bits per heavy atom. The maximum atomic E-state index is 14.0. The number of nitrogens with one attached hydrogen (secondary N) is 2. The van der Waals surface area contributed by atoms with E-state index in [0.717, 1.165) is 68.1 Å². The van der Waals surface area contributed by atoms with E-state index < -0.39 is 6.04 Å². The predicted molar refractivity (Wildman–Crippen MR) is 261 cm³/mol. The van der Waals surface area contributed by atoms with Gasteiger partial charge < -0.3 is 9.47 Å². The molecule has 354 valence electrons. The minimum absolute atomic E-state index is 0.0202. The molecule has 0 saturated heterocycles. The highest BCUT2D eigenvalue weighted by Gasteiger charge is 2.65. The number of esters is 2. The second kappa shape index (κ2) is 19.2. The molecule has 2 amide bonds. The first-order valence-corrected chi connectivity index (χ1v) is 25.1. The molecule has 68 heavy (non-hydrogen) atoms. The SMILES string of the molecule is C[C@@H]1CCC(=O)N/N=C/c2ccc(cc2)CN2Cc3ccccc3C[C@H]2C(=O)N/N=C/c2cccc(c2)C(=O)O[C@@H]2CC[C@@]3(C)[C@H](CC[C@@H]4[C@@H]3C[C@H](OC(=O)c3ccccc3)[C@]3(C)[C@@H]1CC[C@@H]43)C2. The third kappa shape index (κ3) is 9.06. The molecule has 15 aliphatic rings. The monoisotopic (exact) mass is 915 g/mol. The van der Waals surface area contributed by atoms with Crippen LogP contribution in [0, 0.1) is 46.3 Å². The van der Waals surface area contributed by atoms with E-state index >= 15 is 0 Å². The van der Waals surface area contributed by atoms with Crippen molar-refractivity contribution in [3.8, 4) is 0 Å². The van der Waals surface area contributed by atoms with E-state index in [4.69, 9.17) is 9.47 Å². The van der Waals surface area contributed by atoms with E-state index in [9.17, 15) is 19.2 Å². The van der Waals surface area contributed by atoms with Crippen LogP contribution in [0.3, 0.4) is 0 Å². The average Bonchev–Trinajstić information content (AvgIpc) is 3.72. The number of nitrogens with zero attached hydrogens (tertiary/aromatic N) is 3. The summed E-state index contributed by atoms with van der Waals surface area (Å²) < 4.78 is 13.1. The molecule has 0 radical (unpaired) electrons. The molecule has 11 atom stereocenters. The molecule has 0 unspecified atom stereocenters. The molecule has 4 aromatic carbocycles. The van der Waals surface area contributed by atoms with Crippen LogP contribution in [0.15, 0.2) is 113 Å². The summed E-state index contributed by atoms with van der Waals surface area (Å²) in [5.41, 5.74) is 11.3. The molecule has 0 spiro atoms. The van der Waals surface area contributed by atoms with Crippen molar-refractivity contribution in [3.05, 3.63) is 142 Å². The fourth-order valence-electron chi connectivity index (χ4n) is 14.1. The van der Waals surface area contributed by atoms with Gasteiger partial charge in [-0.2, -0.15) is 10.2 Å². The smallest absolute Gasteiger partial charge is 0.338 e. The first-order chi connectivity index (χ1) is 33.0. The van der Waals surface area contributed by atoms with Gasteiger partial charge in [-0.1, -0.05) is 99.6 Å². The number of hydrazone groups is 2. The van der Waals surface area contributed by atoms with E-state index in [-0.39, 0.29) is 52.7 Å². The van der Waals surface area contributed by atoms with Gasteiger partial charge in [0, 0.05) is 24.9 Å². The number of ether oxygens (including phenoxy) is 2. The molecule has 11 heteroatoms. The molecular weight excluding hydrogens is 851 g/mol. The Labute approximate surface area is 400 Å². The van der Waals surface area contributed by atoms with Crippen molar-refractivity contribution in [2.45, 2.75) is 123 Å². The first-order valence-electron chi connectivity index (χ1n) is 25.1. The minimum Gasteiger partial charge on any atom is -0.459 e. The Kier molecular flexibility index (Phi) is 12.9. The lowest BCUT2D eigenvalue weighted by Crippen LogP contribution is -2.59. The van der Waals surface area contributed by atoms with Crippen molar-refractivity contribution in [2.24, 2.45) is 56.5 Å². The average molecular weight is 916 g/mol. The van der Waals surface area contributed by atoms with Crippen LogP contribution in [-0.2, 0) is 38.6 Å². The Morgan fingerprint density at radius 1 is 0.735 bits per heavy atom. The van der Waals surface area contributed by atoms with Crippen LogP contribution in [0.4, 0.5) is 0 Å². The van der Waals surface area contributed by atoms with E-state index in [1.54, 1.807) is 24.6 Å². The lowest BCUT2D eigenvalue weighted by molar-refractivity contribution is -0.176. The Bertz CT molecular complexity index is 2580. The lowest BCUT2D eigenvalue weighted by Gasteiger charge is -2.62. The minimum atomic E-state index is -0.448. The number of benzene rings is 4. The number of carbonyl (C=O) groups excluding carboxylic acids is 4. The highest BCUT2D eigenvalue weighted by molar-refractivity contribution is 5.93. The largest absolute Gasteiger partial charge is 0.459 e. The predicted octanol–water partition coefficient (Wildman–Crippen LogP) is 9.66. The highest BCUT2D eigenvalue weighted by Crippen LogP contribution is 2.69.